The average Bonchev–Trinajstić information content (AvgIpc) is 2.77. The zero-order chi connectivity index (χ0) is 12.4. The first-order valence-corrected chi connectivity index (χ1v) is 5.28. The van der Waals surface area contributed by atoms with Crippen LogP contribution in [-0.2, 0) is 4.74 Å². The van der Waals surface area contributed by atoms with Gasteiger partial charge in [0.1, 0.15) is 5.82 Å². The predicted octanol–water partition coefficient (Wildman–Crippen LogP) is 2.42. The van der Waals surface area contributed by atoms with E-state index in [-0.39, 0.29) is 17.3 Å². The van der Waals surface area contributed by atoms with Crippen LogP contribution < -0.4 is 0 Å². The van der Waals surface area contributed by atoms with E-state index in [1.54, 1.807) is 6.07 Å². The molecule has 0 radical (unpaired) electrons. The smallest absolute Gasteiger partial charge is 0.396 e. The van der Waals surface area contributed by atoms with Crippen molar-refractivity contribution >= 4 is 21.9 Å². The Balaban J connectivity index is 2.40. The number of halogens is 2. The normalized spacial score (nSPS) is 10.3. The Kier molecular flexibility index (Phi) is 3.19. The highest BCUT2D eigenvalue weighted by molar-refractivity contribution is 9.10. The topological polar surface area (TPSA) is 65.2 Å². The molecule has 0 unspecified atom stereocenters. The summed E-state index contributed by atoms with van der Waals surface area (Å²) >= 11 is 3.13. The predicted molar refractivity (Wildman–Crippen MR) is 58.7 cm³/mol. The average molecular weight is 301 g/mol. The monoisotopic (exact) mass is 300 g/mol. The third-order valence-corrected chi connectivity index (χ3v) is 2.44. The highest BCUT2D eigenvalue weighted by Gasteiger charge is 2.18. The quantitative estimate of drug-likeness (QED) is 0.797. The second kappa shape index (κ2) is 4.62. The zero-order valence-corrected chi connectivity index (χ0v) is 10.2. The molecule has 5 nitrogen and oxygen atoms in total. The summed E-state index contributed by atoms with van der Waals surface area (Å²) in [5, 5.41) is 7.03. The lowest BCUT2D eigenvalue weighted by molar-refractivity contribution is 0.0556. The van der Waals surface area contributed by atoms with E-state index in [9.17, 15) is 9.18 Å². The fourth-order valence-electron chi connectivity index (χ4n) is 1.16. The van der Waals surface area contributed by atoms with Crippen molar-refractivity contribution in [2.45, 2.75) is 0 Å². The Morgan fingerprint density at radius 1 is 1.47 bits per heavy atom. The van der Waals surface area contributed by atoms with Crippen molar-refractivity contribution in [3.63, 3.8) is 0 Å². The molecule has 2 rings (SSSR count). The molecule has 0 aliphatic carbocycles. The number of aromatic nitrogens is 2. The van der Waals surface area contributed by atoms with Gasteiger partial charge in [0.15, 0.2) is 0 Å². The summed E-state index contributed by atoms with van der Waals surface area (Å²) in [6, 6.07) is 4.35. The summed E-state index contributed by atoms with van der Waals surface area (Å²) in [5.41, 5.74) is 0.121. The van der Waals surface area contributed by atoms with Crippen LogP contribution in [0.2, 0.25) is 0 Å². The maximum absolute atomic E-state index is 13.6. The van der Waals surface area contributed by atoms with Crippen LogP contribution in [-0.4, -0.2) is 23.3 Å². The van der Waals surface area contributed by atoms with Gasteiger partial charge in [-0.25, -0.2) is 9.18 Å². The van der Waals surface area contributed by atoms with Gasteiger partial charge in [0.25, 0.3) is 5.89 Å². The summed E-state index contributed by atoms with van der Waals surface area (Å²) in [6.07, 6.45) is 0. The molecule has 0 spiro atoms. The second-order valence-corrected chi connectivity index (χ2v) is 3.94. The van der Waals surface area contributed by atoms with Crippen molar-refractivity contribution in [1.29, 1.82) is 0 Å². The number of esters is 1. The Bertz CT molecular complexity index is 570. The fourth-order valence-corrected chi connectivity index (χ4v) is 1.50. The third-order valence-electron chi connectivity index (χ3n) is 1.95. The van der Waals surface area contributed by atoms with Crippen molar-refractivity contribution in [2.75, 3.05) is 7.11 Å². The van der Waals surface area contributed by atoms with Crippen LogP contribution in [0.5, 0.6) is 0 Å². The van der Waals surface area contributed by atoms with Gasteiger partial charge in [0.2, 0.25) is 0 Å². The molecule has 0 bridgehead atoms. The van der Waals surface area contributed by atoms with E-state index in [0.29, 0.717) is 4.47 Å². The van der Waals surface area contributed by atoms with Crippen molar-refractivity contribution in [3.05, 3.63) is 34.4 Å². The standard InChI is InChI=1S/C10H6BrFN2O3/c1-16-10(15)9-14-13-8(17-9)6-3-2-5(11)4-7(6)12/h2-4H,1H3. The van der Waals surface area contributed by atoms with Crippen LogP contribution in [0.15, 0.2) is 27.1 Å². The van der Waals surface area contributed by atoms with E-state index in [4.69, 9.17) is 4.42 Å². The number of nitrogens with zero attached hydrogens (tertiary/aromatic N) is 2. The van der Waals surface area contributed by atoms with Crippen LogP contribution in [0.3, 0.4) is 0 Å². The van der Waals surface area contributed by atoms with Gasteiger partial charge in [0.05, 0.1) is 12.7 Å². The molecule has 7 heteroatoms. The molecule has 0 saturated carbocycles. The highest BCUT2D eigenvalue weighted by Crippen LogP contribution is 2.24. The van der Waals surface area contributed by atoms with Crippen molar-refractivity contribution < 1.29 is 18.3 Å². The number of hydrogen-bond acceptors (Lipinski definition) is 5. The molecule has 1 aromatic carbocycles. The maximum Gasteiger partial charge on any atom is 0.396 e. The Labute approximate surface area is 104 Å². The highest BCUT2D eigenvalue weighted by atomic mass is 79.9. The van der Waals surface area contributed by atoms with Crippen LogP contribution >= 0.6 is 15.9 Å². The third kappa shape index (κ3) is 2.33. The van der Waals surface area contributed by atoms with Gasteiger partial charge < -0.3 is 9.15 Å². The number of carbonyl (C=O) groups is 1. The first kappa shape index (κ1) is 11.7. The molecule has 0 aliphatic rings. The molecule has 88 valence electrons. The van der Waals surface area contributed by atoms with E-state index in [2.05, 4.69) is 30.9 Å². The number of rotatable bonds is 2. The Hall–Kier alpha value is -1.76. The summed E-state index contributed by atoms with van der Waals surface area (Å²) in [6.45, 7) is 0. The van der Waals surface area contributed by atoms with Gasteiger partial charge in [-0.2, -0.15) is 0 Å². The van der Waals surface area contributed by atoms with Crippen LogP contribution in [0.25, 0.3) is 11.5 Å². The molecular weight excluding hydrogens is 295 g/mol. The minimum Gasteiger partial charge on any atom is -0.462 e. The van der Waals surface area contributed by atoms with Gasteiger partial charge in [-0.15, -0.1) is 10.2 Å². The maximum atomic E-state index is 13.6. The lowest BCUT2D eigenvalue weighted by Crippen LogP contribution is -2.00. The summed E-state index contributed by atoms with van der Waals surface area (Å²) in [7, 11) is 1.19. The van der Waals surface area contributed by atoms with Gasteiger partial charge in [-0.3, -0.25) is 0 Å². The molecule has 1 heterocycles. The number of carbonyl (C=O) groups excluding carboxylic acids is 1. The first-order chi connectivity index (χ1) is 8.11. The van der Waals surface area contributed by atoms with E-state index in [1.165, 1.54) is 19.2 Å². The molecule has 2 aromatic rings. The van der Waals surface area contributed by atoms with Crippen LogP contribution in [0.1, 0.15) is 10.7 Å². The molecule has 0 saturated heterocycles. The second-order valence-electron chi connectivity index (χ2n) is 3.03. The van der Waals surface area contributed by atoms with Crippen LogP contribution in [0.4, 0.5) is 4.39 Å². The lowest BCUT2D eigenvalue weighted by Gasteiger charge is -1.97. The zero-order valence-electron chi connectivity index (χ0n) is 8.61. The summed E-state index contributed by atoms with van der Waals surface area (Å²) < 4.78 is 23.5. The number of benzene rings is 1. The number of methoxy groups -OCH3 is 1. The van der Waals surface area contributed by atoms with Gasteiger partial charge >= 0.3 is 11.9 Å². The summed E-state index contributed by atoms with van der Waals surface area (Å²) in [4.78, 5) is 11.1. The first-order valence-electron chi connectivity index (χ1n) is 4.49. The summed E-state index contributed by atoms with van der Waals surface area (Å²) in [5.74, 6) is -1.68. The van der Waals surface area contributed by atoms with Gasteiger partial charge in [-0.05, 0) is 18.2 Å². The SMILES string of the molecule is COC(=O)c1nnc(-c2ccc(Br)cc2F)o1. The van der Waals surface area contributed by atoms with E-state index >= 15 is 0 Å². The molecule has 0 N–H and O–H groups in total. The fraction of sp³-hybridized carbons (Fsp3) is 0.100. The van der Waals surface area contributed by atoms with Crippen molar-refractivity contribution in [3.8, 4) is 11.5 Å². The number of hydrogen-bond donors (Lipinski definition) is 0. The molecule has 1 aromatic heterocycles. The van der Waals surface area contributed by atoms with Gasteiger partial charge in [0, 0.05) is 4.47 Å². The van der Waals surface area contributed by atoms with Crippen molar-refractivity contribution in [2.24, 2.45) is 0 Å². The van der Waals surface area contributed by atoms with Crippen molar-refractivity contribution in [1.82, 2.24) is 10.2 Å². The molecule has 0 atom stereocenters. The molecular formula is C10H6BrFN2O3. The molecule has 17 heavy (non-hydrogen) atoms. The minimum absolute atomic E-state index is 0.0737. The van der Waals surface area contributed by atoms with Crippen LogP contribution in [0, 0.1) is 5.82 Å². The molecule has 0 fully saturated rings. The molecule has 0 amide bonds. The molecule has 0 aliphatic heterocycles. The van der Waals surface area contributed by atoms with E-state index in [0.717, 1.165) is 0 Å². The lowest BCUT2D eigenvalue weighted by atomic mass is 10.2. The Morgan fingerprint density at radius 3 is 2.88 bits per heavy atom. The number of ether oxygens (including phenoxy) is 1. The van der Waals surface area contributed by atoms with Gasteiger partial charge in [-0.1, -0.05) is 15.9 Å². The minimum atomic E-state index is -0.763. The largest absolute Gasteiger partial charge is 0.462 e. The van der Waals surface area contributed by atoms with E-state index < -0.39 is 11.8 Å². The van der Waals surface area contributed by atoms with E-state index in [1.807, 2.05) is 0 Å². The Morgan fingerprint density at radius 2 is 2.24 bits per heavy atom.